The second kappa shape index (κ2) is 7.16. The molecule has 1 amide bonds. The molecule has 2 aliphatic heterocycles. The van der Waals surface area contributed by atoms with Crippen LogP contribution in [0.25, 0.3) is 0 Å². The fourth-order valence-electron chi connectivity index (χ4n) is 4.26. The summed E-state index contributed by atoms with van der Waals surface area (Å²) in [5.41, 5.74) is 1.67. The molecule has 4 rings (SSSR count). The average molecular weight is 357 g/mol. The summed E-state index contributed by atoms with van der Waals surface area (Å²) in [6.07, 6.45) is 4.22. The molecule has 2 heterocycles. The van der Waals surface area contributed by atoms with Crippen LogP contribution in [-0.2, 0) is 9.53 Å². The van der Waals surface area contributed by atoms with E-state index in [2.05, 4.69) is 0 Å². The van der Waals surface area contributed by atoms with Gasteiger partial charge in [0.15, 0.2) is 0 Å². The number of benzene rings is 2. The van der Waals surface area contributed by atoms with Gasteiger partial charge in [0.05, 0.1) is 6.10 Å². The molecule has 0 N–H and O–H groups in total. The summed E-state index contributed by atoms with van der Waals surface area (Å²) in [6.45, 7) is 0. The third kappa shape index (κ3) is 3.36. The Morgan fingerprint density at radius 2 is 1.35 bits per heavy atom. The van der Waals surface area contributed by atoms with Gasteiger partial charge in [-0.1, -0.05) is 24.3 Å². The highest BCUT2D eigenvalue weighted by molar-refractivity contribution is 5.49. The lowest BCUT2D eigenvalue weighted by Gasteiger charge is -2.38. The van der Waals surface area contributed by atoms with E-state index in [-0.39, 0.29) is 35.9 Å². The first kappa shape index (κ1) is 17.2. The summed E-state index contributed by atoms with van der Waals surface area (Å²) in [4.78, 5) is 13.2. The van der Waals surface area contributed by atoms with E-state index in [4.69, 9.17) is 4.74 Å². The zero-order valence-corrected chi connectivity index (χ0v) is 14.4. The van der Waals surface area contributed by atoms with Crippen LogP contribution in [0.3, 0.4) is 0 Å². The van der Waals surface area contributed by atoms with Gasteiger partial charge in [-0.25, -0.2) is 8.78 Å². The van der Waals surface area contributed by atoms with Gasteiger partial charge in [-0.3, -0.25) is 4.79 Å². The van der Waals surface area contributed by atoms with E-state index in [0.29, 0.717) is 0 Å². The summed E-state index contributed by atoms with van der Waals surface area (Å²) in [6, 6.07) is 12.9. The molecule has 136 valence electrons. The SMILES string of the molecule is O=CN1[C@@H]2CC[C@H]1CC(OC(c1ccc(F)cc1)c1ccc(F)cc1)C2. The van der Waals surface area contributed by atoms with Crippen LogP contribution in [0.2, 0.25) is 0 Å². The number of nitrogens with zero attached hydrogens (tertiary/aromatic N) is 1. The molecule has 1 unspecified atom stereocenters. The topological polar surface area (TPSA) is 29.5 Å². The maximum Gasteiger partial charge on any atom is 0.210 e. The third-order valence-electron chi connectivity index (χ3n) is 5.54. The first-order valence-electron chi connectivity index (χ1n) is 9.03. The van der Waals surface area contributed by atoms with Crippen molar-refractivity contribution >= 4 is 6.41 Å². The van der Waals surface area contributed by atoms with Crippen LogP contribution in [0.15, 0.2) is 48.5 Å². The van der Waals surface area contributed by atoms with E-state index in [1.807, 2.05) is 4.90 Å². The number of hydrogen-bond acceptors (Lipinski definition) is 2. The normalized spacial score (nSPS) is 24.9. The van der Waals surface area contributed by atoms with Gasteiger partial charge in [0.2, 0.25) is 6.41 Å². The third-order valence-corrected chi connectivity index (χ3v) is 5.54. The van der Waals surface area contributed by atoms with E-state index in [1.54, 1.807) is 24.3 Å². The number of ether oxygens (including phenoxy) is 1. The van der Waals surface area contributed by atoms with Crippen molar-refractivity contribution in [2.75, 3.05) is 0 Å². The quantitative estimate of drug-likeness (QED) is 0.750. The maximum absolute atomic E-state index is 13.3. The smallest absolute Gasteiger partial charge is 0.210 e. The minimum Gasteiger partial charge on any atom is -0.365 e. The predicted octanol–water partition coefficient (Wildman–Crippen LogP) is 4.22. The molecule has 26 heavy (non-hydrogen) atoms. The predicted molar refractivity (Wildman–Crippen MR) is 93.5 cm³/mol. The molecule has 2 aromatic rings. The van der Waals surface area contributed by atoms with E-state index in [9.17, 15) is 13.6 Å². The van der Waals surface area contributed by atoms with Gasteiger partial charge in [0.1, 0.15) is 17.7 Å². The highest BCUT2D eigenvalue weighted by Crippen LogP contribution is 2.38. The minimum absolute atomic E-state index is 0.0174. The zero-order valence-electron chi connectivity index (χ0n) is 14.4. The van der Waals surface area contributed by atoms with E-state index < -0.39 is 0 Å². The molecule has 2 saturated heterocycles. The summed E-state index contributed by atoms with van der Waals surface area (Å²) < 4.78 is 33.1. The molecule has 2 bridgehead atoms. The summed E-state index contributed by atoms with van der Waals surface area (Å²) in [5.74, 6) is -0.604. The number of piperidine rings is 1. The minimum atomic E-state index is -0.386. The van der Waals surface area contributed by atoms with Crippen LogP contribution in [-0.4, -0.2) is 29.5 Å². The summed E-state index contributed by atoms with van der Waals surface area (Å²) in [7, 11) is 0. The van der Waals surface area contributed by atoms with Crippen molar-refractivity contribution in [3.05, 3.63) is 71.3 Å². The number of hydrogen-bond donors (Lipinski definition) is 0. The number of fused-ring (bicyclic) bond motifs is 2. The Hall–Kier alpha value is -2.27. The first-order valence-corrected chi connectivity index (χ1v) is 9.03. The van der Waals surface area contributed by atoms with Gasteiger partial charge in [0.25, 0.3) is 0 Å². The van der Waals surface area contributed by atoms with Crippen molar-refractivity contribution in [3.63, 3.8) is 0 Å². The Labute approximate surface area is 151 Å². The number of amides is 1. The number of halogens is 2. The Kier molecular flexibility index (Phi) is 4.72. The van der Waals surface area contributed by atoms with Crippen molar-refractivity contribution in [3.8, 4) is 0 Å². The van der Waals surface area contributed by atoms with E-state index in [0.717, 1.165) is 43.2 Å². The molecule has 3 nitrogen and oxygen atoms in total. The monoisotopic (exact) mass is 357 g/mol. The number of rotatable bonds is 5. The van der Waals surface area contributed by atoms with Crippen molar-refractivity contribution in [1.82, 2.24) is 4.90 Å². The van der Waals surface area contributed by atoms with Crippen molar-refractivity contribution in [2.45, 2.75) is 50.0 Å². The average Bonchev–Trinajstić information content (AvgIpc) is 2.90. The molecule has 2 aliphatic rings. The van der Waals surface area contributed by atoms with E-state index >= 15 is 0 Å². The second-order valence-electron chi connectivity index (χ2n) is 7.15. The molecule has 0 aromatic heterocycles. The van der Waals surface area contributed by atoms with Crippen LogP contribution >= 0.6 is 0 Å². The van der Waals surface area contributed by atoms with Crippen LogP contribution in [0.4, 0.5) is 8.78 Å². The van der Waals surface area contributed by atoms with Gasteiger partial charge >= 0.3 is 0 Å². The largest absolute Gasteiger partial charge is 0.365 e. The van der Waals surface area contributed by atoms with Crippen LogP contribution in [0.5, 0.6) is 0 Å². The lowest BCUT2D eigenvalue weighted by Crippen LogP contribution is -2.44. The lowest BCUT2D eigenvalue weighted by molar-refractivity contribution is -0.126. The number of carbonyl (C=O) groups is 1. The molecule has 0 radical (unpaired) electrons. The summed E-state index contributed by atoms with van der Waals surface area (Å²) in [5, 5.41) is 0. The molecular formula is C21H21F2NO2. The summed E-state index contributed by atoms with van der Waals surface area (Å²) >= 11 is 0. The Morgan fingerprint density at radius 1 is 0.885 bits per heavy atom. The van der Waals surface area contributed by atoms with Crippen molar-refractivity contribution in [2.24, 2.45) is 0 Å². The fraction of sp³-hybridized carbons (Fsp3) is 0.381. The van der Waals surface area contributed by atoms with Crippen molar-refractivity contribution < 1.29 is 18.3 Å². The molecule has 0 aliphatic carbocycles. The Morgan fingerprint density at radius 3 is 1.77 bits per heavy atom. The maximum atomic E-state index is 13.3. The van der Waals surface area contributed by atoms with Crippen LogP contribution in [0, 0.1) is 11.6 Å². The van der Waals surface area contributed by atoms with Gasteiger partial charge in [-0.05, 0) is 61.1 Å². The van der Waals surface area contributed by atoms with Crippen LogP contribution in [0.1, 0.15) is 42.9 Å². The number of carbonyl (C=O) groups excluding carboxylic acids is 1. The molecule has 5 heteroatoms. The van der Waals surface area contributed by atoms with Gasteiger partial charge in [-0.2, -0.15) is 0 Å². The molecule has 2 aromatic carbocycles. The fourth-order valence-corrected chi connectivity index (χ4v) is 4.26. The molecule has 2 fully saturated rings. The highest BCUT2D eigenvalue weighted by Gasteiger charge is 2.41. The highest BCUT2D eigenvalue weighted by atomic mass is 19.1. The molecular weight excluding hydrogens is 336 g/mol. The first-order chi connectivity index (χ1) is 12.6. The molecule has 3 atom stereocenters. The van der Waals surface area contributed by atoms with Gasteiger partial charge < -0.3 is 9.64 Å². The second-order valence-corrected chi connectivity index (χ2v) is 7.15. The van der Waals surface area contributed by atoms with Crippen molar-refractivity contribution in [1.29, 1.82) is 0 Å². The van der Waals surface area contributed by atoms with Gasteiger partial charge in [-0.15, -0.1) is 0 Å². The Bertz CT molecular complexity index is 703. The molecule has 0 spiro atoms. The molecule has 0 saturated carbocycles. The van der Waals surface area contributed by atoms with E-state index in [1.165, 1.54) is 24.3 Å². The zero-order chi connectivity index (χ0) is 18.1. The Balaban J connectivity index is 1.58. The standard InChI is InChI=1S/C21H21F2NO2/c22-16-5-1-14(2-6-16)21(15-3-7-17(23)8-4-15)26-20-11-18-9-10-19(12-20)24(18)13-25/h1-8,13,18-21H,9-12H2/t18-,19+,20?. The lowest BCUT2D eigenvalue weighted by atomic mass is 9.97. The van der Waals surface area contributed by atoms with Gasteiger partial charge in [0, 0.05) is 12.1 Å². The van der Waals surface area contributed by atoms with Crippen LogP contribution < -0.4 is 0 Å².